The lowest BCUT2D eigenvalue weighted by Gasteiger charge is -2.26. The van der Waals surface area contributed by atoms with Gasteiger partial charge < -0.3 is 14.5 Å². The highest BCUT2D eigenvalue weighted by Crippen LogP contribution is 2.22. The molecule has 1 aliphatic rings. The summed E-state index contributed by atoms with van der Waals surface area (Å²) in [5, 5.41) is 0. The van der Waals surface area contributed by atoms with Crippen molar-refractivity contribution < 1.29 is 4.79 Å². The topological polar surface area (TPSA) is 104 Å². The smallest absolute Gasteiger partial charge is 0.328 e. The van der Waals surface area contributed by atoms with Gasteiger partial charge in [-0.05, 0) is 0 Å². The molecular weight excluding hydrogens is 346 g/mol. The number of imidazole rings is 1. The Morgan fingerprint density at radius 1 is 1.11 bits per heavy atom. The number of nitrogens with one attached hydrogen (secondary N) is 2. The molecule has 0 atom stereocenters. The zero-order valence-corrected chi connectivity index (χ0v) is 14.6. The lowest BCUT2D eigenvalue weighted by molar-refractivity contribution is -0.132. The minimum Gasteiger partial charge on any atom is -0.340 e. The molecule has 0 bridgehead atoms. The van der Waals surface area contributed by atoms with Crippen molar-refractivity contribution in [3.05, 3.63) is 74.8 Å². The van der Waals surface area contributed by atoms with Gasteiger partial charge in [-0.25, -0.2) is 9.78 Å². The molecule has 0 unspecified atom stereocenters. The van der Waals surface area contributed by atoms with Crippen molar-refractivity contribution in [2.24, 2.45) is 0 Å². The number of H-pyrrole nitrogens is 2. The van der Waals surface area contributed by atoms with Crippen molar-refractivity contribution in [1.29, 1.82) is 0 Å². The molecule has 0 fully saturated rings. The van der Waals surface area contributed by atoms with Crippen molar-refractivity contribution in [2.75, 3.05) is 6.54 Å². The third-order valence-corrected chi connectivity index (χ3v) is 4.70. The second kappa shape index (κ2) is 7.06. The van der Waals surface area contributed by atoms with Gasteiger partial charge in [-0.3, -0.25) is 14.6 Å². The van der Waals surface area contributed by atoms with Gasteiger partial charge in [0, 0.05) is 43.8 Å². The molecule has 0 saturated heterocycles. The maximum Gasteiger partial charge on any atom is 0.328 e. The molecule has 138 valence electrons. The van der Waals surface area contributed by atoms with Crippen LogP contribution in [0.3, 0.4) is 0 Å². The van der Waals surface area contributed by atoms with E-state index in [0.29, 0.717) is 19.5 Å². The van der Waals surface area contributed by atoms with Crippen LogP contribution in [0.4, 0.5) is 0 Å². The minimum absolute atomic E-state index is 0.0328. The summed E-state index contributed by atoms with van der Waals surface area (Å²) in [5.41, 5.74) is 2.02. The number of hydrogen-bond acceptors (Lipinski definition) is 4. The summed E-state index contributed by atoms with van der Waals surface area (Å²) in [5.74, 6) is 0.782. The van der Waals surface area contributed by atoms with Crippen LogP contribution in [-0.2, 0) is 24.3 Å². The summed E-state index contributed by atoms with van der Waals surface area (Å²) in [6.07, 6.45) is 2.30. The van der Waals surface area contributed by atoms with E-state index in [1.165, 1.54) is 16.8 Å². The Balaban J connectivity index is 1.43. The summed E-state index contributed by atoms with van der Waals surface area (Å²) >= 11 is 0. The average Bonchev–Trinajstić information content (AvgIpc) is 3.11. The fraction of sp³-hybridized carbons (Fsp3) is 0.263. The van der Waals surface area contributed by atoms with Crippen LogP contribution in [0, 0.1) is 0 Å². The van der Waals surface area contributed by atoms with Gasteiger partial charge in [-0.2, -0.15) is 0 Å². The van der Waals surface area contributed by atoms with E-state index in [-0.39, 0.29) is 18.9 Å². The number of amides is 1. The van der Waals surface area contributed by atoms with E-state index in [0.717, 1.165) is 22.8 Å². The first kappa shape index (κ1) is 17.0. The van der Waals surface area contributed by atoms with Gasteiger partial charge in [0.25, 0.3) is 5.56 Å². The van der Waals surface area contributed by atoms with E-state index < -0.39 is 11.2 Å². The Morgan fingerprint density at radius 2 is 1.93 bits per heavy atom. The Bertz CT molecular complexity index is 1080. The highest BCUT2D eigenvalue weighted by Gasteiger charge is 2.23. The van der Waals surface area contributed by atoms with Crippen molar-refractivity contribution in [2.45, 2.75) is 25.9 Å². The van der Waals surface area contributed by atoms with Crippen LogP contribution in [0.2, 0.25) is 0 Å². The van der Waals surface area contributed by atoms with E-state index >= 15 is 0 Å². The standard InChI is InChI=1S/C19H19N5O3/c25-16-7-10-23(19(27)22-16)11-8-17(26)24-9-6-14-15(12-24)21-18(20-14)13-4-2-1-3-5-13/h1-5,7,10H,6,8-9,11-12H2,(H,20,21)(H,22,25,27). The van der Waals surface area contributed by atoms with E-state index in [4.69, 9.17) is 0 Å². The first-order valence-corrected chi connectivity index (χ1v) is 8.81. The monoisotopic (exact) mass is 365 g/mol. The van der Waals surface area contributed by atoms with Crippen LogP contribution in [0.15, 0.2) is 52.2 Å². The van der Waals surface area contributed by atoms with E-state index in [1.807, 2.05) is 30.3 Å². The molecule has 8 heteroatoms. The third-order valence-electron chi connectivity index (χ3n) is 4.70. The van der Waals surface area contributed by atoms with Gasteiger partial charge in [0.15, 0.2) is 0 Å². The molecule has 0 saturated carbocycles. The largest absolute Gasteiger partial charge is 0.340 e. The molecule has 2 N–H and O–H groups in total. The molecule has 0 aliphatic carbocycles. The number of rotatable bonds is 4. The fourth-order valence-corrected chi connectivity index (χ4v) is 3.23. The Kier molecular flexibility index (Phi) is 4.45. The highest BCUT2D eigenvalue weighted by molar-refractivity contribution is 5.76. The summed E-state index contributed by atoms with van der Waals surface area (Å²) in [4.78, 5) is 47.3. The molecule has 1 amide bonds. The molecule has 0 radical (unpaired) electrons. The van der Waals surface area contributed by atoms with Crippen LogP contribution < -0.4 is 11.2 Å². The van der Waals surface area contributed by atoms with Gasteiger partial charge in [0.1, 0.15) is 5.82 Å². The van der Waals surface area contributed by atoms with E-state index in [1.54, 1.807) is 4.90 Å². The van der Waals surface area contributed by atoms with Crippen molar-refractivity contribution in [3.8, 4) is 11.4 Å². The van der Waals surface area contributed by atoms with Crippen molar-refractivity contribution in [3.63, 3.8) is 0 Å². The maximum absolute atomic E-state index is 12.5. The Morgan fingerprint density at radius 3 is 2.70 bits per heavy atom. The number of carbonyl (C=O) groups is 1. The molecule has 1 aromatic carbocycles. The predicted molar refractivity (Wildman–Crippen MR) is 99.1 cm³/mol. The molecule has 27 heavy (non-hydrogen) atoms. The second-order valence-corrected chi connectivity index (χ2v) is 6.50. The number of benzene rings is 1. The molecule has 3 aromatic rings. The second-order valence-electron chi connectivity index (χ2n) is 6.50. The van der Waals surface area contributed by atoms with Crippen LogP contribution >= 0.6 is 0 Å². The zero-order chi connectivity index (χ0) is 18.8. The lowest BCUT2D eigenvalue weighted by atomic mass is 10.1. The maximum atomic E-state index is 12.5. The summed E-state index contributed by atoms with van der Waals surface area (Å²) in [6.45, 7) is 1.32. The van der Waals surface area contributed by atoms with Crippen LogP contribution in [0.5, 0.6) is 0 Å². The molecular formula is C19H19N5O3. The molecule has 1 aliphatic heterocycles. The molecule has 2 aromatic heterocycles. The normalized spacial score (nSPS) is 13.4. The van der Waals surface area contributed by atoms with Gasteiger partial charge in [-0.1, -0.05) is 30.3 Å². The van der Waals surface area contributed by atoms with Crippen molar-refractivity contribution >= 4 is 5.91 Å². The number of carbonyl (C=O) groups excluding carboxylic acids is 1. The van der Waals surface area contributed by atoms with Crippen LogP contribution in [0.1, 0.15) is 17.8 Å². The van der Waals surface area contributed by atoms with Gasteiger partial charge in [-0.15, -0.1) is 0 Å². The van der Waals surface area contributed by atoms with Gasteiger partial charge >= 0.3 is 5.69 Å². The van der Waals surface area contributed by atoms with Crippen LogP contribution in [0.25, 0.3) is 11.4 Å². The average molecular weight is 365 g/mol. The predicted octanol–water partition coefficient (Wildman–Crippen LogP) is 0.902. The van der Waals surface area contributed by atoms with E-state index in [2.05, 4.69) is 15.0 Å². The van der Waals surface area contributed by atoms with Gasteiger partial charge in [0.05, 0.1) is 17.9 Å². The molecule has 4 rings (SSSR count). The van der Waals surface area contributed by atoms with E-state index in [9.17, 15) is 14.4 Å². The molecule has 8 nitrogen and oxygen atoms in total. The zero-order valence-electron chi connectivity index (χ0n) is 14.6. The number of aryl methyl sites for hydroxylation is 1. The lowest BCUT2D eigenvalue weighted by Crippen LogP contribution is -2.37. The van der Waals surface area contributed by atoms with Crippen LogP contribution in [-0.4, -0.2) is 36.9 Å². The third kappa shape index (κ3) is 3.59. The summed E-state index contributed by atoms with van der Waals surface area (Å²) in [7, 11) is 0. The SMILES string of the molecule is O=C(CCn1ccc(=O)[nH]c1=O)N1CCc2nc(-c3ccccc3)[nH]c2C1. The number of aromatic nitrogens is 4. The number of nitrogens with zero attached hydrogens (tertiary/aromatic N) is 3. The molecule has 3 heterocycles. The Labute approximate surface area is 154 Å². The quantitative estimate of drug-likeness (QED) is 0.717. The minimum atomic E-state index is -0.502. The highest BCUT2D eigenvalue weighted by atomic mass is 16.2. The fourth-order valence-electron chi connectivity index (χ4n) is 3.23. The summed E-state index contributed by atoms with van der Waals surface area (Å²) < 4.78 is 1.33. The summed E-state index contributed by atoms with van der Waals surface area (Å²) in [6, 6.07) is 11.1. The number of fused-ring (bicyclic) bond motifs is 1. The first-order chi connectivity index (χ1) is 13.1. The number of aromatic amines is 2. The number of hydrogen-bond donors (Lipinski definition) is 2. The first-order valence-electron chi connectivity index (χ1n) is 8.81. The van der Waals surface area contributed by atoms with Gasteiger partial charge in [0.2, 0.25) is 5.91 Å². The molecule has 0 spiro atoms. The van der Waals surface area contributed by atoms with Crippen molar-refractivity contribution in [1.82, 2.24) is 24.4 Å². The Hall–Kier alpha value is -3.42.